The Morgan fingerprint density at radius 1 is 1.60 bits per heavy atom. The summed E-state index contributed by atoms with van der Waals surface area (Å²) in [6.45, 7) is 7.73. The molecule has 1 heterocycles. The Bertz CT molecular complexity index is 299. The number of likely N-dealkylation sites (N-methyl/N-ethyl adjacent to an activating group) is 1. The standard InChI is InChI=1S/C11H18N4/c1-3-14(10-11(2)9-12)7-8-15-6-4-5-13-15/h4-6,11H,3,7-8,10H2,1-2H3. The first-order valence-corrected chi connectivity index (χ1v) is 5.35. The molecule has 1 unspecified atom stereocenters. The zero-order chi connectivity index (χ0) is 11.1. The van der Waals surface area contributed by atoms with Gasteiger partial charge in [-0.1, -0.05) is 6.92 Å². The van der Waals surface area contributed by atoms with Gasteiger partial charge in [0.25, 0.3) is 0 Å². The van der Waals surface area contributed by atoms with Crippen LogP contribution in [0.25, 0.3) is 0 Å². The van der Waals surface area contributed by atoms with Gasteiger partial charge in [-0.05, 0) is 19.5 Å². The van der Waals surface area contributed by atoms with Crippen LogP contribution in [0.2, 0.25) is 0 Å². The molecule has 1 aromatic heterocycles. The van der Waals surface area contributed by atoms with Gasteiger partial charge in [-0.3, -0.25) is 4.68 Å². The van der Waals surface area contributed by atoms with Crippen molar-refractivity contribution in [2.45, 2.75) is 20.4 Å². The van der Waals surface area contributed by atoms with Crippen molar-refractivity contribution < 1.29 is 0 Å². The number of aromatic nitrogens is 2. The van der Waals surface area contributed by atoms with E-state index in [2.05, 4.69) is 23.0 Å². The molecule has 1 rings (SSSR count). The minimum atomic E-state index is 0.0996. The average Bonchev–Trinajstić information content (AvgIpc) is 2.76. The van der Waals surface area contributed by atoms with E-state index in [1.807, 2.05) is 23.9 Å². The number of nitriles is 1. The summed E-state index contributed by atoms with van der Waals surface area (Å²) in [5, 5.41) is 12.9. The zero-order valence-corrected chi connectivity index (χ0v) is 9.43. The lowest BCUT2D eigenvalue weighted by Crippen LogP contribution is -2.31. The van der Waals surface area contributed by atoms with Crippen molar-refractivity contribution in [2.24, 2.45) is 5.92 Å². The van der Waals surface area contributed by atoms with Crippen LogP contribution in [0.15, 0.2) is 18.5 Å². The lowest BCUT2D eigenvalue weighted by atomic mass is 10.2. The van der Waals surface area contributed by atoms with E-state index in [1.54, 1.807) is 6.20 Å². The van der Waals surface area contributed by atoms with Crippen molar-refractivity contribution in [3.63, 3.8) is 0 Å². The second-order valence-electron chi connectivity index (χ2n) is 3.69. The van der Waals surface area contributed by atoms with Crippen LogP contribution in [0.4, 0.5) is 0 Å². The normalized spacial score (nSPS) is 12.7. The molecule has 0 saturated carbocycles. The third-order valence-corrected chi connectivity index (χ3v) is 2.40. The van der Waals surface area contributed by atoms with Gasteiger partial charge < -0.3 is 4.90 Å². The average molecular weight is 206 g/mol. The molecule has 0 fully saturated rings. The van der Waals surface area contributed by atoms with E-state index in [9.17, 15) is 0 Å². The third kappa shape index (κ3) is 4.13. The second kappa shape index (κ2) is 6.20. The summed E-state index contributed by atoms with van der Waals surface area (Å²) in [6.07, 6.45) is 3.75. The molecule has 0 aliphatic carbocycles. The first-order valence-electron chi connectivity index (χ1n) is 5.35. The SMILES string of the molecule is CCN(CCn1cccn1)CC(C)C#N. The van der Waals surface area contributed by atoms with Crippen molar-refractivity contribution in [1.29, 1.82) is 5.26 Å². The van der Waals surface area contributed by atoms with Gasteiger partial charge in [0.2, 0.25) is 0 Å². The highest BCUT2D eigenvalue weighted by Gasteiger charge is 2.07. The topological polar surface area (TPSA) is 44.9 Å². The summed E-state index contributed by atoms with van der Waals surface area (Å²) >= 11 is 0. The van der Waals surface area contributed by atoms with Gasteiger partial charge in [-0.25, -0.2) is 0 Å². The van der Waals surface area contributed by atoms with E-state index in [0.29, 0.717) is 0 Å². The van der Waals surface area contributed by atoms with Gasteiger partial charge in [0.05, 0.1) is 18.5 Å². The van der Waals surface area contributed by atoms with E-state index in [-0.39, 0.29) is 5.92 Å². The van der Waals surface area contributed by atoms with Gasteiger partial charge in [-0.2, -0.15) is 10.4 Å². The summed E-state index contributed by atoms with van der Waals surface area (Å²) in [6, 6.07) is 4.18. The Hall–Kier alpha value is -1.34. The summed E-state index contributed by atoms with van der Waals surface area (Å²) in [5.74, 6) is 0.0996. The fourth-order valence-corrected chi connectivity index (χ4v) is 1.48. The highest BCUT2D eigenvalue weighted by atomic mass is 15.3. The smallest absolute Gasteiger partial charge is 0.0666 e. The molecule has 0 saturated heterocycles. The Morgan fingerprint density at radius 3 is 2.93 bits per heavy atom. The number of hydrogen-bond acceptors (Lipinski definition) is 3. The van der Waals surface area contributed by atoms with Gasteiger partial charge in [-0.15, -0.1) is 0 Å². The first-order chi connectivity index (χ1) is 7.26. The molecule has 0 N–H and O–H groups in total. The van der Waals surface area contributed by atoms with Crippen LogP contribution >= 0.6 is 0 Å². The molecular formula is C11H18N4. The van der Waals surface area contributed by atoms with Crippen molar-refractivity contribution in [3.8, 4) is 6.07 Å². The second-order valence-corrected chi connectivity index (χ2v) is 3.69. The van der Waals surface area contributed by atoms with E-state index >= 15 is 0 Å². The number of nitrogens with zero attached hydrogens (tertiary/aromatic N) is 4. The van der Waals surface area contributed by atoms with Crippen molar-refractivity contribution >= 4 is 0 Å². The third-order valence-electron chi connectivity index (χ3n) is 2.40. The predicted molar refractivity (Wildman–Crippen MR) is 59.1 cm³/mol. The molecule has 0 spiro atoms. The molecule has 15 heavy (non-hydrogen) atoms. The van der Waals surface area contributed by atoms with Gasteiger partial charge in [0.1, 0.15) is 0 Å². The lowest BCUT2D eigenvalue weighted by molar-refractivity contribution is 0.254. The van der Waals surface area contributed by atoms with Crippen LogP contribution in [0.3, 0.4) is 0 Å². The molecule has 1 atom stereocenters. The van der Waals surface area contributed by atoms with Crippen LogP contribution in [0, 0.1) is 17.2 Å². The van der Waals surface area contributed by atoms with Gasteiger partial charge in [0, 0.05) is 25.5 Å². The van der Waals surface area contributed by atoms with Crippen molar-refractivity contribution in [2.75, 3.05) is 19.6 Å². The molecule has 82 valence electrons. The van der Waals surface area contributed by atoms with Gasteiger partial charge in [0.15, 0.2) is 0 Å². The molecule has 1 aromatic rings. The molecule has 4 nitrogen and oxygen atoms in total. The molecule has 0 amide bonds. The summed E-state index contributed by atoms with van der Waals surface area (Å²) in [5.41, 5.74) is 0. The Morgan fingerprint density at radius 2 is 2.40 bits per heavy atom. The Balaban J connectivity index is 2.31. The zero-order valence-electron chi connectivity index (χ0n) is 9.43. The maximum absolute atomic E-state index is 8.74. The van der Waals surface area contributed by atoms with E-state index < -0.39 is 0 Å². The van der Waals surface area contributed by atoms with Gasteiger partial charge >= 0.3 is 0 Å². The summed E-state index contributed by atoms with van der Waals surface area (Å²) < 4.78 is 1.92. The molecule has 0 bridgehead atoms. The fraction of sp³-hybridized carbons (Fsp3) is 0.636. The Labute approximate surface area is 91.1 Å². The largest absolute Gasteiger partial charge is 0.300 e. The molecule has 0 radical (unpaired) electrons. The fourth-order valence-electron chi connectivity index (χ4n) is 1.48. The lowest BCUT2D eigenvalue weighted by Gasteiger charge is -2.21. The maximum atomic E-state index is 8.74. The monoisotopic (exact) mass is 206 g/mol. The first kappa shape index (κ1) is 11.7. The van der Waals surface area contributed by atoms with Crippen molar-refractivity contribution in [3.05, 3.63) is 18.5 Å². The quantitative estimate of drug-likeness (QED) is 0.706. The van der Waals surface area contributed by atoms with Crippen LogP contribution in [0.5, 0.6) is 0 Å². The van der Waals surface area contributed by atoms with E-state index in [0.717, 1.165) is 26.2 Å². The van der Waals surface area contributed by atoms with Crippen LogP contribution in [-0.2, 0) is 6.54 Å². The maximum Gasteiger partial charge on any atom is 0.0666 e. The number of hydrogen-bond donors (Lipinski definition) is 0. The highest BCUT2D eigenvalue weighted by molar-refractivity contribution is 4.82. The minimum absolute atomic E-state index is 0.0996. The predicted octanol–water partition coefficient (Wildman–Crippen LogP) is 1.36. The number of rotatable bonds is 6. The molecule has 0 aliphatic heterocycles. The Kier molecular flexibility index (Phi) is 4.85. The highest BCUT2D eigenvalue weighted by Crippen LogP contribution is 1.98. The summed E-state index contributed by atoms with van der Waals surface area (Å²) in [7, 11) is 0. The molecule has 0 aromatic carbocycles. The van der Waals surface area contributed by atoms with E-state index in [1.165, 1.54) is 0 Å². The van der Waals surface area contributed by atoms with Crippen LogP contribution in [-0.4, -0.2) is 34.3 Å². The molecule has 4 heteroatoms. The van der Waals surface area contributed by atoms with Crippen LogP contribution in [0.1, 0.15) is 13.8 Å². The van der Waals surface area contributed by atoms with E-state index in [4.69, 9.17) is 5.26 Å². The summed E-state index contributed by atoms with van der Waals surface area (Å²) in [4.78, 5) is 2.27. The minimum Gasteiger partial charge on any atom is -0.300 e. The van der Waals surface area contributed by atoms with Crippen LogP contribution < -0.4 is 0 Å². The molecular weight excluding hydrogens is 188 g/mol. The molecule has 0 aliphatic rings. The van der Waals surface area contributed by atoms with Crippen molar-refractivity contribution in [1.82, 2.24) is 14.7 Å².